The van der Waals surface area contributed by atoms with Gasteiger partial charge in [-0.15, -0.1) is 0 Å². The van der Waals surface area contributed by atoms with Gasteiger partial charge >= 0.3 is 7.12 Å². The maximum Gasteiger partial charge on any atom is 0.494 e. The molecule has 1 aliphatic heterocycles. The van der Waals surface area contributed by atoms with E-state index in [-0.39, 0.29) is 18.3 Å². The van der Waals surface area contributed by atoms with Crippen LogP contribution in [0.15, 0.2) is 97.1 Å². The van der Waals surface area contributed by atoms with Crippen LogP contribution in [-0.2, 0) is 9.31 Å². The van der Waals surface area contributed by atoms with Crippen molar-refractivity contribution in [2.45, 2.75) is 38.9 Å². The number of hydrogen-bond acceptors (Lipinski definition) is 3. The maximum absolute atomic E-state index is 6.21. The zero-order valence-electron chi connectivity index (χ0n) is 20.2. The van der Waals surface area contributed by atoms with Crippen LogP contribution in [0.4, 0.5) is 5.69 Å². The first kappa shape index (κ1) is 22.5. The van der Waals surface area contributed by atoms with Crippen LogP contribution in [0.5, 0.6) is 0 Å². The summed E-state index contributed by atoms with van der Waals surface area (Å²) >= 11 is 0. The molecule has 0 unspecified atom stereocenters. The summed E-state index contributed by atoms with van der Waals surface area (Å²) in [7, 11) is -0.365. The van der Waals surface area contributed by atoms with Gasteiger partial charge in [-0.2, -0.15) is 0 Å². The summed E-state index contributed by atoms with van der Waals surface area (Å²) in [6.45, 7) is 8.30. The molecule has 5 rings (SSSR count). The van der Waals surface area contributed by atoms with Gasteiger partial charge in [0.2, 0.25) is 0 Å². The summed E-state index contributed by atoms with van der Waals surface area (Å²) in [6.07, 6.45) is 0. The number of rotatable bonds is 4. The average Bonchev–Trinajstić information content (AvgIpc) is 3.06. The van der Waals surface area contributed by atoms with Crippen molar-refractivity contribution in [3.8, 4) is 33.4 Å². The highest BCUT2D eigenvalue weighted by atomic mass is 16.7. The highest BCUT2D eigenvalue weighted by Gasteiger charge is 2.51. The second-order valence-electron chi connectivity index (χ2n) is 9.96. The lowest BCUT2D eigenvalue weighted by molar-refractivity contribution is 0.00578. The highest BCUT2D eigenvalue weighted by Crippen LogP contribution is 2.37. The predicted octanol–water partition coefficient (Wildman–Crippen LogP) is 6.57. The van der Waals surface area contributed by atoms with Crippen LogP contribution in [0.1, 0.15) is 27.7 Å². The number of nitrogens with two attached hydrogens (primary N) is 1. The maximum atomic E-state index is 6.21. The molecule has 0 spiro atoms. The Balaban J connectivity index is 1.46. The highest BCUT2D eigenvalue weighted by molar-refractivity contribution is 6.62. The number of hydrogen-bond donors (Lipinski definition) is 1. The van der Waals surface area contributed by atoms with Crippen LogP contribution in [0, 0.1) is 0 Å². The summed E-state index contributed by atoms with van der Waals surface area (Å²) < 4.78 is 12.4. The van der Waals surface area contributed by atoms with Gasteiger partial charge in [-0.25, -0.2) is 0 Å². The summed E-state index contributed by atoms with van der Waals surface area (Å²) in [4.78, 5) is 0. The minimum atomic E-state index is -0.365. The SMILES string of the molecule is CC1(C)OB(c2ccc(-c3ccc(N)cc3-c3ccc(-c4ccccc4)cc3)cc2)OC1(C)C. The number of anilines is 1. The van der Waals surface area contributed by atoms with Gasteiger partial charge in [0.1, 0.15) is 0 Å². The Hall–Kier alpha value is -3.34. The molecule has 170 valence electrons. The van der Waals surface area contributed by atoms with Gasteiger partial charge in [0.25, 0.3) is 0 Å². The van der Waals surface area contributed by atoms with E-state index in [9.17, 15) is 0 Å². The van der Waals surface area contributed by atoms with Crippen molar-refractivity contribution in [2.75, 3.05) is 5.73 Å². The van der Waals surface area contributed by atoms with Crippen LogP contribution in [-0.4, -0.2) is 18.3 Å². The fourth-order valence-electron chi connectivity index (χ4n) is 4.32. The van der Waals surface area contributed by atoms with Gasteiger partial charge in [-0.05, 0) is 78.7 Å². The van der Waals surface area contributed by atoms with Crippen LogP contribution in [0.2, 0.25) is 0 Å². The predicted molar refractivity (Wildman–Crippen MR) is 143 cm³/mol. The van der Waals surface area contributed by atoms with Crippen LogP contribution >= 0.6 is 0 Å². The van der Waals surface area contributed by atoms with Gasteiger partial charge < -0.3 is 15.0 Å². The number of nitrogen functional groups attached to an aromatic ring is 1. The third kappa shape index (κ3) is 4.15. The first-order valence-corrected chi connectivity index (χ1v) is 11.7. The van der Waals surface area contributed by atoms with E-state index in [0.29, 0.717) is 0 Å². The van der Waals surface area contributed by atoms with Crippen LogP contribution in [0.3, 0.4) is 0 Å². The lowest BCUT2D eigenvalue weighted by atomic mass is 9.78. The molecule has 1 saturated heterocycles. The van der Waals surface area contributed by atoms with Crippen LogP contribution < -0.4 is 11.2 Å². The molecule has 1 aliphatic rings. The van der Waals surface area contributed by atoms with E-state index in [4.69, 9.17) is 15.0 Å². The summed E-state index contributed by atoms with van der Waals surface area (Å²) in [5, 5.41) is 0. The molecule has 1 fully saturated rings. The lowest BCUT2D eigenvalue weighted by Gasteiger charge is -2.32. The average molecular weight is 447 g/mol. The van der Waals surface area contributed by atoms with Crippen molar-refractivity contribution in [1.82, 2.24) is 0 Å². The van der Waals surface area contributed by atoms with Gasteiger partial charge in [-0.1, -0.05) is 84.9 Å². The van der Waals surface area contributed by atoms with E-state index < -0.39 is 0 Å². The zero-order chi connectivity index (χ0) is 23.9. The molecule has 4 aromatic rings. The van der Waals surface area contributed by atoms with Crippen molar-refractivity contribution >= 4 is 18.3 Å². The van der Waals surface area contributed by atoms with Crippen molar-refractivity contribution in [2.24, 2.45) is 0 Å². The summed E-state index contributed by atoms with van der Waals surface area (Å²) in [5.41, 5.74) is 14.2. The Morgan fingerprint density at radius 3 is 1.68 bits per heavy atom. The number of benzene rings is 4. The molecule has 0 radical (unpaired) electrons. The third-order valence-electron chi connectivity index (χ3n) is 7.09. The molecule has 0 aliphatic carbocycles. The smallest absolute Gasteiger partial charge is 0.399 e. The molecule has 1 heterocycles. The van der Waals surface area contributed by atoms with Crippen molar-refractivity contribution in [1.29, 1.82) is 0 Å². The monoisotopic (exact) mass is 447 g/mol. The van der Waals surface area contributed by atoms with Gasteiger partial charge in [-0.3, -0.25) is 0 Å². The fraction of sp³-hybridized carbons (Fsp3) is 0.200. The Bertz CT molecular complexity index is 1280. The van der Waals surface area contributed by atoms with E-state index in [0.717, 1.165) is 33.4 Å². The van der Waals surface area contributed by atoms with E-state index in [1.54, 1.807) is 0 Å². The second kappa shape index (κ2) is 8.46. The molecule has 4 heteroatoms. The first-order chi connectivity index (χ1) is 16.2. The standard InChI is InChI=1S/C30H30BNO2/c1-29(2)30(3,4)34-31(33-29)25-16-14-23(15-17-25)27-19-18-26(32)20-28(27)24-12-10-22(11-13-24)21-8-6-5-7-9-21/h5-20H,32H2,1-4H3. The van der Waals surface area contributed by atoms with E-state index in [2.05, 4.69) is 113 Å². The van der Waals surface area contributed by atoms with Crippen molar-refractivity contribution < 1.29 is 9.31 Å². The second-order valence-corrected chi connectivity index (χ2v) is 9.96. The van der Waals surface area contributed by atoms with E-state index >= 15 is 0 Å². The largest absolute Gasteiger partial charge is 0.494 e. The van der Waals surface area contributed by atoms with Gasteiger partial charge in [0.05, 0.1) is 11.2 Å². The third-order valence-corrected chi connectivity index (χ3v) is 7.09. The Kier molecular flexibility index (Phi) is 5.59. The first-order valence-electron chi connectivity index (χ1n) is 11.7. The minimum Gasteiger partial charge on any atom is -0.399 e. The Morgan fingerprint density at radius 1 is 0.559 bits per heavy atom. The molecule has 0 saturated carbocycles. The molecule has 2 N–H and O–H groups in total. The molecule has 3 nitrogen and oxygen atoms in total. The van der Waals surface area contributed by atoms with Crippen molar-refractivity contribution in [3.05, 3.63) is 97.1 Å². The van der Waals surface area contributed by atoms with E-state index in [1.807, 2.05) is 12.1 Å². The topological polar surface area (TPSA) is 44.5 Å². The quantitative estimate of drug-likeness (QED) is 0.284. The van der Waals surface area contributed by atoms with Crippen LogP contribution in [0.25, 0.3) is 33.4 Å². The summed E-state index contributed by atoms with van der Waals surface area (Å²) in [6, 6.07) is 33.6. The molecule has 0 bridgehead atoms. The molecule has 34 heavy (non-hydrogen) atoms. The molecular weight excluding hydrogens is 417 g/mol. The molecular formula is C30H30BNO2. The Morgan fingerprint density at radius 2 is 1.06 bits per heavy atom. The summed E-state index contributed by atoms with van der Waals surface area (Å²) in [5.74, 6) is 0. The normalized spacial score (nSPS) is 16.5. The Labute approximate surface area is 202 Å². The van der Waals surface area contributed by atoms with Crippen molar-refractivity contribution in [3.63, 3.8) is 0 Å². The lowest BCUT2D eigenvalue weighted by Crippen LogP contribution is -2.41. The zero-order valence-corrected chi connectivity index (χ0v) is 20.2. The molecule has 0 amide bonds. The fourth-order valence-corrected chi connectivity index (χ4v) is 4.32. The minimum absolute atomic E-state index is 0.355. The molecule has 4 aromatic carbocycles. The molecule has 0 atom stereocenters. The van der Waals surface area contributed by atoms with Gasteiger partial charge in [0, 0.05) is 5.69 Å². The molecule has 0 aromatic heterocycles. The van der Waals surface area contributed by atoms with E-state index in [1.165, 1.54) is 11.1 Å². The van der Waals surface area contributed by atoms with Gasteiger partial charge in [0.15, 0.2) is 0 Å².